The molecule has 1 amide bonds. The van der Waals surface area contributed by atoms with Crippen LogP contribution in [-0.2, 0) is 18.4 Å². The van der Waals surface area contributed by atoms with Crippen LogP contribution in [0.15, 0.2) is 59.0 Å². The molecule has 1 fully saturated rings. The van der Waals surface area contributed by atoms with E-state index in [2.05, 4.69) is 56.9 Å². The number of pyridine rings is 2. The third kappa shape index (κ3) is 4.57. The molecule has 2 aliphatic heterocycles. The van der Waals surface area contributed by atoms with E-state index in [4.69, 9.17) is 4.74 Å². The number of benzene rings is 1. The van der Waals surface area contributed by atoms with Crippen LogP contribution in [0.1, 0.15) is 74.4 Å². The van der Waals surface area contributed by atoms with E-state index in [1.165, 1.54) is 0 Å². The van der Waals surface area contributed by atoms with Gasteiger partial charge in [-0.05, 0) is 93.7 Å². The Kier molecular flexibility index (Phi) is 7.20. The number of aliphatic hydroxyl groups excluding tert-OH is 1. The summed E-state index contributed by atoms with van der Waals surface area (Å²) >= 11 is 1.56. The monoisotopic (exact) mass is 703 g/mol. The lowest BCUT2D eigenvalue weighted by Gasteiger charge is -2.56. The zero-order chi connectivity index (χ0) is 35.5. The van der Waals surface area contributed by atoms with Gasteiger partial charge in [0.2, 0.25) is 0 Å². The Balaban J connectivity index is 1.20. The average molecular weight is 704 g/mol. The second kappa shape index (κ2) is 11.4. The zero-order valence-corrected chi connectivity index (χ0v) is 30.1. The van der Waals surface area contributed by atoms with Crippen LogP contribution >= 0.6 is 11.3 Å². The van der Waals surface area contributed by atoms with Gasteiger partial charge < -0.3 is 34.6 Å². The van der Waals surface area contributed by atoms with Crippen molar-refractivity contribution in [2.45, 2.75) is 76.7 Å². The van der Waals surface area contributed by atoms with Gasteiger partial charge >= 0.3 is 0 Å². The molecule has 0 saturated carbocycles. The second-order valence-corrected chi connectivity index (χ2v) is 15.8. The van der Waals surface area contributed by atoms with E-state index in [1.807, 2.05) is 50.4 Å². The average Bonchev–Trinajstić information content (AvgIpc) is 3.85. The van der Waals surface area contributed by atoms with Crippen molar-refractivity contribution >= 4 is 22.8 Å². The fourth-order valence-electron chi connectivity index (χ4n) is 9.88. The largest absolute Gasteiger partial charge is 0.504 e. The lowest BCUT2D eigenvalue weighted by molar-refractivity contribution is -0.0454. The quantitative estimate of drug-likeness (QED) is 0.177. The third-order valence-electron chi connectivity index (χ3n) is 12.2. The number of ether oxygens (including phenoxy) is 1. The lowest BCUT2D eigenvalue weighted by atomic mass is 9.52. The van der Waals surface area contributed by atoms with E-state index in [1.54, 1.807) is 17.5 Å². The number of likely N-dealkylation sites (N-methyl/N-ethyl adjacent to an activating group) is 1. The Morgan fingerprint density at radius 2 is 2.04 bits per heavy atom. The molecule has 2 aliphatic carbocycles. The van der Waals surface area contributed by atoms with E-state index in [-0.39, 0.29) is 41.6 Å². The minimum absolute atomic E-state index is 0.0835. The van der Waals surface area contributed by atoms with Gasteiger partial charge in [0.15, 0.2) is 11.5 Å². The highest BCUT2D eigenvalue weighted by atomic mass is 32.1. The summed E-state index contributed by atoms with van der Waals surface area (Å²) in [6.45, 7) is 8.83. The van der Waals surface area contributed by atoms with Gasteiger partial charge in [-0.3, -0.25) is 9.59 Å². The van der Waals surface area contributed by atoms with Crippen LogP contribution in [-0.4, -0.2) is 67.2 Å². The summed E-state index contributed by atoms with van der Waals surface area (Å²) < 4.78 is 8.67. The summed E-state index contributed by atoms with van der Waals surface area (Å²) in [6.07, 6.45) is 8.31. The topological polar surface area (TPSA) is 132 Å². The maximum Gasteiger partial charge on any atom is 0.253 e. The minimum atomic E-state index is -0.760. The number of phenolic OH excluding ortho intramolecular Hbond substituents is 1. The number of piperidine rings is 1. The Hall–Kier alpha value is -4.71. The number of H-pyrrole nitrogens is 1. The van der Waals surface area contributed by atoms with Crippen LogP contribution < -0.4 is 15.6 Å². The molecule has 4 N–H and O–H groups in total. The molecule has 51 heavy (non-hydrogen) atoms. The SMILES string of the molecule is Cc1cc(C)c(CNC(=O)c2cc3cc(-c4nccs4)cn3c(C(C)c3cc(O)c4c5c3C[C@@H]3[C@@H]6C=C[C@H](O)[C@H](O4)[C@]56CCN3C)c2C)c(=O)[nH]1. The fourth-order valence-corrected chi connectivity index (χ4v) is 10.5. The summed E-state index contributed by atoms with van der Waals surface area (Å²) in [7, 11) is 2.18. The number of hydrogen-bond donors (Lipinski definition) is 4. The van der Waals surface area contributed by atoms with Gasteiger partial charge in [0.05, 0.1) is 0 Å². The molecule has 6 atom stereocenters. The molecule has 4 aromatic heterocycles. The van der Waals surface area contributed by atoms with Gasteiger partial charge in [0.1, 0.15) is 17.2 Å². The molecule has 4 aliphatic rings. The first-order valence-corrected chi connectivity index (χ1v) is 18.5. The molecule has 1 aromatic carbocycles. The molecule has 1 spiro atoms. The Morgan fingerprint density at radius 1 is 1.22 bits per heavy atom. The van der Waals surface area contributed by atoms with Crippen molar-refractivity contribution in [3.8, 4) is 22.1 Å². The van der Waals surface area contributed by atoms with E-state index < -0.39 is 17.6 Å². The number of carbonyl (C=O) groups excluding carboxylic acids is 1. The highest BCUT2D eigenvalue weighted by Crippen LogP contribution is 2.63. The number of fused-ring (bicyclic) bond motifs is 1. The summed E-state index contributed by atoms with van der Waals surface area (Å²) in [6, 6.07) is 7.94. The molecule has 2 bridgehead atoms. The number of nitrogens with zero attached hydrogens (tertiary/aromatic N) is 3. The van der Waals surface area contributed by atoms with Crippen LogP contribution in [0.25, 0.3) is 16.1 Å². The Labute approximate surface area is 299 Å². The molecule has 0 radical (unpaired) electrons. The molecule has 11 heteroatoms. The summed E-state index contributed by atoms with van der Waals surface area (Å²) in [5, 5.41) is 28.7. The van der Waals surface area contributed by atoms with Crippen molar-refractivity contribution in [3.05, 3.63) is 115 Å². The standard InChI is InChI=1S/C40H41N5O5S/c1-19-12-20(2)43-38(49)28(19)17-42-37(48)26-14-24-13-23(39-41-9-11-51-39)18-45(24)34(22(26)4)21(3)25-16-32(47)35-33-27(25)15-30-29-6-7-31(46)36(50-35)40(29,33)8-10-44(30)5/h6-7,9,11-14,16,18,21,29-31,36,46-47H,8,10,15,17H2,1-5H3,(H,42,48)(H,43,49)/t21?,29-,30+,31-,36-,40-/m0/s1. The van der Waals surface area contributed by atoms with Crippen molar-refractivity contribution in [1.29, 1.82) is 0 Å². The van der Waals surface area contributed by atoms with Crippen LogP contribution in [0.5, 0.6) is 11.5 Å². The first kappa shape index (κ1) is 32.2. The van der Waals surface area contributed by atoms with E-state index in [0.717, 1.165) is 74.7 Å². The van der Waals surface area contributed by atoms with E-state index >= 15 is 0 Å². The number of amides is 1. The molecule has 1 unspecified atom stereocenters. The first-order valence-electron chi connectivity index (χ1n) is 17.6. The predicted octanol–water partition coefficient (Wildman–Crippen LogP) is 5.27. The summed E-state index contributed by atoms with van der Waals surface area (Å²) in [5.74, 6) is 0.242. The maximum atomic E-state index is 14.1. The summed E-state index contributed by atoms with van der Waals surface area (Å²) in [4.78, 5) is 36.7. The molecule has 9 rings (SSSR count). The van der Waals surface area contributed by atoms with Crippen molar-refractivity contribution in [2.75, 3.05) is 13.6 Å². The normalized spacial score (nSPS) is 25.1. The van der Waals surface area contributed by atoms with Crippen molar-refractivity contribution < 1.29 is 19.7 Å². The number of aromatic hydroxyl groups is 1. The zero-order valence-electron chi connectivity index (χ0n) is 29.3. The van der Waals surface area contributed by atoms with Crippen LogP contribution in [0.3, 0.4) is 0 Å². The predicted molar refractivity (Wildman–Crippen MR) is 196 cm³/mol. The highest BCUT2D eigenvalue weighted by Gasteiger charge is 2.64. The number of carbonyl (C=O) groups is 1. The van der Waals surface area contributed by atoms with E-state index in [0.29, 0.717) is 16.9 Å². The van der Waals surface area contributed by atoms with Crippen LogP contribution in [0.2, 0.25) is 0 Å². The van der Waals surface area contributed by atoms with E-state index in [9.17, 15) is 19.8 Å². The minimum Gasteiger partial charge on any atom is -0.504 e. The van der Waals surface area contributed by atoms with Gasteiger partial charge in [-0.25, -0.2) is 4.98 Å². The third-order valence-corrected chi connectivity index (χ3v) is 13.0. The Bertz CT molecular complexity index is 2360. The van der Waals surface area contributed by atoms with Crippen LogP contribution in [0, 0.1) is 26.7 Å². The number of hydrogen-bond acceptors (Lipinski definition) is 8. The number of phenols is 1. The highest BCUT2D eigenvalue weighted by molar-refractivity contribution is 7.13. The summed E-state index contributed by atoms with van der Waals surface area (Å²) in [5.41, 5.74) is 8.76. The number of rotatable bonds is 6. The number of thiazole rings is 1. The molecular formula is C40H41N5O5S. The number of aromatic nitrogens is 3. The van der Waals surface area contributed by atoms with Gasteiger partial charge in [-0.2, -0.15) is 0 Å². The van der Waals surface area contributed by atoms with Gasteiger partial charge in [0, 0.05) is 86.8 Å². The van der Waals surface area contributed by atoms with Crippen molar-refractivity contribution in [1.82, 2.24) is 24.6 Å². The molecule has 262 valence electrons. The number of aromatic amines is 1. The fraction of sp³-hybridized carbons (Fsp3) is 0.375. The van der Waals surface area contributed by atoms with Crippen molar-refractivity contribution in [2.24, 2.45) is 5.92 Å². The Morgan fingerprint density at radius 3 is 2.80 bits per heavy atom. The lowest BCUT2D eigenvalue weighted by Crippen LogP contribution is -2.64. The van der Waals surface area contributed by atoms with Crippen molar-refractivity contribution in [3.63, 3.8) is 0 Å². The number of aliphatic hydroxyl groups is 1. The molecule has 10 nitrogen and oxygen atoms in total. The second-order valence-electron chi connectivity index (χ2n) is 14.9. The molecule has 6 heterocycles. The molecule has 5 aromatic rings. The van der Waals surface area contributed by atoms with Gasteiger partial charge in [-0.15, -0.1) is 11.3 Å². The number of aryl methyl sites for hydroxylation is 2. The molecule has 1 saturated heterocycles. The first-order chi connectivity index (χ1) is 24.5. The van der Waals surface area contributed by atoms with Gasteiger partial charge in [-0.1, -0.05) is 19.1 Å². The van der Waals surface area contributed by atoms with Gasteiger partial charge in [0.25, 0.3) is 11.5 Å². The van der Waals surface area contributed by atoms with Crippen LogP contribution in [0.4, 0.5) is 0 Å². The maximum absolute atomic E-state index is 14.1. The smallest absolute Gasteiger partial charge is 0.253 e. The number of likely N-dealkylation sites (tertiary alicyclic amines) is 1. The number of nitrogens with one attached hydrogen (secondary N) is 2. The molecular weight excluding hydrogens is 663 g/mol.